The molecule has 17 heavy (non-hydrogen) atoms. The first-order chi connectivity index (χ1) is 8.19. The van der Waals surface area contributed by atoms with E-state index in [0.717, 1.165) is 15.6 Å². The molecule has 1 aromatic heterocycles. The monoisotopic (exact) mass is 293 g/mol. The highest BCUT2D eigenvalue weighted by Crippen LogP contribution is 2.26. The van der Waals surface area contributed by atoms with Crippen molar-refractivity contribution < 1.29 is 4.74 Å². The molecule has 0 saturated heterocycles. The van der Waals surface area contributed by atoms with E-state index in [4.69, 9.17) is 10.5 Å². The number of benzene rings is 1. The predicted octanol–water partition coefficient (Wildman–Crippen LogP) is 2.80. The second-order valence-electron chi connectivity index (χ2n) is 3.63. The molecule has 0 amide bonds. The van der Waals surface area contributed by atoms with Gasteiger partial charge in [-0.05, 0) is 30.7 Å². The molecule has 0 unspecified atom stereocenters. The first kappa shape index (κ1) is 12.0. The molecule has 2 N–H and O–H groups in total. The van der Waals surface area contributed by atoms with Crippen LogP contribution >= 0.6 is 15.9 Å². The summed E-state index contributed by atoms with van der Waals surface area (Å²) >= 11 is 3.40. The van der Waals surface area contributed by atoms with Crippen LogP contribution in [0.1, 0.15) is 11.1 Å². The molecule has 0 aliphatic heterocycles. The lowest BCUT2D eigenvalue weighted by Crippen LogP contribution is -2.00. The molecule has 0 aliphatic rings. The van der Waals surface area contributed by atoms with Crippen LogP contribution in [0.4, 0.5) is 0 Å². The molecule has 0 spiro atoms. The summed E-state index contributed by atoms with van der Waals surface area (Å²) in [4.78, 5) is 0. The smallest absolute Gasteiger partial charge is 0.239 e. The van der Waals surface area contributed by atoms with Crippen molar-refractivity contribution in [3.05, 3.63) is 46.1 Å². The Morgan fingerprint density at radius 1 is 1.35 bits per heavy atom. The van der Waals surface area contributed by atoms with Gasteiger partial charge in [-0.1, -0.05) is 15.9 Å². The summed E-state index contributed by atoms with van der Waals surface area (Å²) in [5.41, 5.74) is 7.59. The molecule has 88 valence electrons. The molecule has 2 rings (SSSR count). The molecule has 0 aliphatic carbocycles. The largest absolute Gasteiger partial charge is 0.437 e. The molecule has 5 heteroatoms. The summed E-state index contributed by atoms with van der Waals surface area (Å²) in [7, 11) is 0. The van der Waals surface area contributed by atoms with E-state index in [2.05, 4.69) is 26.1 Å². The third-order valence-electron chi connectivity index (χ3n) is 2.23. The van der Waals surface area contributed by atoms with Crippen molar-refractivity contribution in [2.45, 2.75) is 13.5 Å². The van der Waals surface area contributed by atoms with Crippen LogP contribution in [0.5, 0.6) is 11.6 Å². The number of hydrogen-bond acceptors (Lipinski definition) is 4. The zero-order valence-electron chi connectivity index (χ0n) is 9.35. The number of aromatic nitrogens is 2. The highest BCUT2D eigenvalue weighted by molar-refractivity contribution is 9.10. The van der Waals surface area contributed by atoms with Gasteiger partial charge in [0.25, 0.3) is 0 Å². The minimum Gasteiger partial charge on any atom is -0.437 e. The predicted molar refractivity (Wildman–Crippen MR) is 68.9 cm³/mol. The molecular formula is C12H12BrN3O. The van der Waals surface area contributed by atoms with Gasteiger partial charge in [0.15, 0.2) is 0 Å². The molecular weight excluding hydrogens is 282 g/mol. The number of ether oxygens (including phenoxy) is 1. The Kier molecular flexibility index (Phi) is 3.71. The second-order valence-corrected chi connectivity index (χ2v) is 4.55. The Balaban J connectivity index is 2.29. The van der Waals surface area contributed by atoms with Crippen LogP contribution in [-0.4, -0.2) is 10.2 Å². The number of nitrogens with zero attached hydrogens (tertiary/aromatic N) is 2. The lowest BCUT2D eigenvalue weighted by atomic mass is 10.2. The topological polar surface area (TPSA) is 61.0 Å². The van der Waals surface area contributed by atoms with Crippen LogP contribution in [0, 0.1) is 6.92 Å². The molecule has 0 radical (unpaired) electrons. The van der Waals surface area contributed by atoms with Crippen LogP contribution in [0.15, 0.2) is 34.9 Å². The van der Waals surface area contributed by atoms with E-state index in [1.54, 1.807) is 6.20 Å². The van der Waals surface area contributed by atoms with Crippen molar-refractivity contribution in [1.82, 2.24) is 10.2 Å². The van der Waals surface area contributed by atoms with Gasteiger partial charge in [0.05, 0.1) is 6.20 Å². The maximum Gasteiger partial charge on any atom is 0.239 e. The van der Waals surface area contributed by atoms with Gasteiger partial charge < -0.3 is 10.5 Å². The van der Waals surface area contributed by atoms with Crippen LogP contribution in [0.3, 0.4) is 0 Å². The number of aryl methyl sites for hydroxylation is 1. The van der Waals surface area contributed by atoms with Crippen molar-refractivity contribution in [3.8, 4) is 11.6 Å². The van der Waals surface area contributed by atoms with Gasteiger partial charge in [-0.2, -0.15) is 5.10 Å². The summed E-state index contributed by atoms with van der Waals surface area (Å²) in [5.74, 6) is 1.18. The van der Waals surface area contributed by atoms with Gasteiger partial charge in [-0.15, -0.1) is 5.10 Å². The zero-order chi connectivity index (χ0) is 12.3. The van der Waals surface area contributed by atoms with Crippen LogP contribution in [0.2, 0.25) is 0 Å². The van der Waals surface area contributed by atoms with Crippen LogP contribution in [0.25, 0.3) is 0 Å². The quantitative estimate of drug-likeness (QED) is 0.945. The molecule has 0 saturated carbocycles. The fourth-order valence-electron chi connectivity index (χ4n) is 1.41. The minimum atomic E-state index is 0.411. The number of rotatable bonds is 3. The highest BCUT2D eigenvalue weighted by Gasteiger charge is 2.05. The average Bonchev–Trinajstić information content (AvgIpc) is 2.31. The average molecular weight is 294 g/mol. The van der Waals surface area contributed by atoms with Gasteiger partial charge in [0.2, 0.25) is 5.88 Å². The second kappa shape index (κ2) is 5.25. The lowest BCUT2D eigenvalue weighted by molar-refractivity contribution is 0.449. The minimum absolute atomic E-state index is 0.411. The first-order valence-electron chi connectivity index (χ1n) is 5.14. The number of hydrogen-bond donors (Lipinski definition) is 1. The summed E-state index contributed by atoms with van der Waals surface area (Å²) in [6, 6.07) is 7.52. The normalized spacial score (nSPS) is 10.3. The lowest BCUT2D eigenvalue weighted by Gasteiger charge is -2.09. The Morgan fingerprint density at radius 3 is 2.88 bits per heavy atom. The van der Waals surface area contributed by atoms with E-state index in [1.165, 1.54) is 0 Å². The van der Waals surface area contributed by atoms with E-state index in [-0.39, 0.29) is 0 Å². The van der Waals surface area contributed by atoms with Gasteiger partial charge in [0.1, 0.15) is 5.75 Å². The molecule has 1 aromatic carbocycles. The van der Waals surface area contributed by atoms with Crippen molar-refractivity contribution in [1.29, 1.82) is 0 Å². The molecule has 0 bridgehead atoms. The summed E-state index contributed by atoms with van der Waals surface area (Å²) in [6.45, 7) is 2.35. The number of halogens is 1. The van der Waals surface area contributed by atoms with Crippen molar-refractivity contribution in [2.24, 2.45) is 5.73 Å². The molecule has 4 nitrogen and oxygen atoms in total. The Labute approximate surface area is 108 Å². The third-order valence-corrected chi connectivity index (χ3v) is 2.72. The van der Waals surface area contributed by atoms with Gasteiger partial charge in [-0.25, -0.2) is 0 Å². The fourth-order valence-corrected chi connectivity index (χ4v) is 1.82. The van der Waals surface area contributed by atoms with Gasteiger partial charge in [-0.3, -0.25) is 0 Å². The van der Waals surface area contributed by atoms with E-state index in [1.807, 2.05) is 31.2 Å². The highest BCUT2D eigenvalue weighted by atomic mass is 79.9. The summed E-state index contributed by atoms with van der Waals surface area (Å²) < 4.78 is 6.63. The van der Waals surface area contributed by atoms with Gasteiger partial charge >= 0.3 is 0 Å². The van der Waals surface area contributed by atoms with E-state index in [0.29, 0.717) is 18.2 Å². The first-order valence-corrected chi connectivity index (χ1v) is 5.94. The van der Waals surface area contributed by atoms with E-state index < -0.39 is 0 Å². The third kappa shape index (κ3) is 3.01. The summed E-state index contributed by atoms with van der Waals surface area (Å²) in [6.07, 6.45) is 1.68. The van der Waals surface area contributed by atoms with Crippen molar-refractivity contribution in [3.63, 3.8) is 0 Å². The van der Waals surface area contributed by atoms with Crippen molar-refractivity contribution in [2.75, 3.05) is 0 Å². The SMILES string of the molecule is Cc1cnnc(Oc2ccc(Br)cc2CN)c1. The van der Waals surface area contributed by atoms with E-state index >= 15 is 0 Å². The van der Waals surface area contributed by atoms with E-state index in [9.17, 15) is 0 Å². The molecule has 0 fully saturated rings. The zero-order valence-corrected chi connectivity index (χ0v) is 10.9. The molecule has 0 atom stereocenters. The molecule has 2 aromatic rings. The fraction of sp³-hybridized carbons (Fsp3) is 0.167. The maximum absolute atomic E-state index is 5.67. The van der Waals surface area contributed by atoms with Crippen molar-refractivity contribution >= 4 is 15.9 Å². The Bertz CT molecular complexity index is 531. The Morgan fingerprint density at radius 2 is 2.18 bits per heavy atom. The molecule has 1 heterocycles. The van der Waals surface area contributed by atoms with Gasteiger partial charge in [0, 0.05) is 22.6 Å². The van der Waals surface area contributed by atoms with Crippen LogP contribution < -0.4 is 10.5 Å². The number of nitrogens with two attached hydrogens (primary N) is 1. The van der Waals surface area contributed by atoms with Crippen LogP contribution in [-0.2, 0) is 6.54 Å². The standard InChI is InChI=1S/C12H12BrN3O/c1-8-4-12(16-15-7-8)17-11-3-2-10(13)5-9(11)6-14/h2-5,7H,6,14H2,1H3. The maximum atomic E-state index is 5.67. The Hall–Kier alpha value is -1.46. The summed E-state index contributed by atoms with van der Waals surface area (Å²) in [5, 5.41) is 7.75.